The van der Waals surface area contributed by atoms with Crippen molar-refractivity contribution in [2.45, 2.75) is 23.2 Å². The van der Waals surface area contributed by atoms with E-state index in [1.165, 1.54) is 19.2 Å². The van der Waals surface area contributed by atoms with Crippen LogP contribution in [-0.4, -0.2) is 45.6 Å². The number of hydrogen-bond donors (Lipinski definition) is 2. The molecule has 1 unspecified atom stereocenters. The number of halogens is 2. The van der Waals surface area contributed by atoms with E-state index in [0.29, 0.717) is 18.7 Å². The summed E-state index contributed by atoms with van der Waals surface area (Å²) in [5.41, 5.74) is 0.586. The van der Waals surface area contributed by atoms with Gasteiger partial charge in [-0.2, -0.15) is 8.78 Å². The third-order valence-electron chi connectivity index (χ3n) is 2.58. The molecule has 0 radical (unpaired) electrons. The van der Waals surface area contributed by atoms with Crippen molar-refractivity contribution in [3.8, 4) is 0 Å². The molecule has 0 amide bonds. The van der Waals surface area contributed by atoms with Crippen LogP contribution in [0, 0.1) is 0 Å². The molecule has 0 aliphatic rings. The predicted octanol–water partition coefficient (Wildman–Crippen LogP) is 1.49. The van der Waals surface area contributed by atoms with Crippen LogP contribution in [0.1, 0.15) is 6.42 Å². The molecule has 1 aromatic rings. The van der Waals surface area contributed by atoms with E-state index in [-0.39, 0.29) is 6.61 Å². The number of aliphatic hydroxyl groups excluding tert-OH is 1. The zero-order valence-electron chi connectivity index (χ0n) is 10.9. The molecular weight excluding hydrogens is 292 g/mol. The van der Waals surface area contributed by atoms with Crippen LogP contribution in [0.15, 0.2) is 29.2 Å². The van der Waals surface area contributed by atoms with Gasteiger partial charge in [0.2, 0.25) is 9.84 Å². The first-order valence-corrected chi connectivity index (χ1v) is 7.45. The summed E-state index contributed by atoms with van der Waals surface area (Å²) in [6.45, 7) is 0.679. The Morgan fingerprint density at radius 3 is 2.40 bits per heavy atom. The fraction of sp³-hybridized carbons (Fsp3) is 0.500. The maximum Gasteiger partial charge on any atom is 0.341 e. The molecule has 0 saturated carbocycles. The minimum atomic E-state index is -4.55. The van der Waals surface area contributed by atoms with Crippen molar-refractivity contribution in [1.82, 2.24) is 0 Å². The molecule has 8 heteroatoms. The molecular formula is C12H17F2NO4S. The molecule has 0 fully saturated rings. The van der Waals surface area contributed by atoms with Gasteiger partial charge in [0.1, 0.15) is 0 Å². The summed E-state index contributed by atoms with van der Waals surface area (Å²) in [4.78, 5) is -0.419. The maximum absolute atomic E-state index is 12.3. The summed E-state index contributed by atoms with van der Waals surface area (Å²) >= 11 is 0. The lowest BCUT2D eigenvalue weighted by Gasteiger charge is -2.11. The van der Waals surface area contributed by atoms with Gasteiger partial charge in [0.25, 0.3) is 0 Å². The Bertz CT molecular complexity index is 505. The zero-order chi connectivity index (χ0) is 15.2. The fourth-order valence-electron chi connectivity index (χ4n) is 1.52. The Morgan fingerprint density at radius 1 is 1.30 bits per heavy atom. The molecule has 0 aliphatic carbocycles. The molecule has 0 spiro atoms. The molecule has 114 valence electrons. The largest absolute Gasteiger partial charge is 0.391 e. The van der Waals surface area contributed by atoms with Crippen molar-refractivity contribution >= 4 is 15.5 Å². The molecule has 2 N–H and O–H groups in total. The van der Waals surface area contributed by atoms with Crippen molar-refractivity contribution in [3.05, 3.63) is 24.3 Å². The second-order valence-corrected chi connectivity index (χ2v) is 6.07. The Labute approximate surface area is 116 Å². The quantitative estimate of drug-likeness (QED) is 0.761. The average molecular weight is 309 g/mol. The second kappa shape index (κ2) is 7.51. The smallest absolute Gasteiger partial charge is 0.341 e. The minimum absolute atomic E-state index is 0.229. The average Bonchev–Trinajstić information content (AvgIpc) is 2.39. The van der Waals surface area contributed by atoms with Gasteiger partial charge in [-0.15, -0.1) is 0 Å². The SMILES string of the molecule is COCC(O)CCNc1ccc(S(=O)(=O)C(F)F)cc1. The second-order valence-electron chi connectivity index (χ2n) is 4.15. The van der Waals surface area contributed by atoms with E-state index in [9.17, 15) is 22.3 Å². The van der Waals surface area contributed by atoms with Crippen LogP contribution < -0.4 is 5.32 Å². The van der Waals surface area contributed by atoms with Crippen LogP contribution in [0.25, 0.3) is 0 Å². The highest BCUT2D eigenvalue weighted by atomic mass is 32.2. The van der Waals surface area contributed by atoms with Gasteiger partial charge in [0.15, 0.2) is 0 Å². The lowest BCUT2D eigenvalue weighted by molar-refractivity contribution is 0.0615. The number of nitrogens with one attached hydrogen (secondary N) is 1. The minimum Gasteiger partial charge on any atom is -0.391 e. The number of rotatable bonds is 8. The van der Waals surface area contributed by atoms with Crippen LogP contribution in [0.5, 0.6) is 0 Å². The first-order chi connectivity index (χ1) is 9.37. The number of ether oxygens (including phenoxy) is 1. The summed E-state index contributed by atoms with van der Waals surface area (Å²) < 4.78 is 51.8. The lowest BCUT2D eigenvalue weighted by Crippen LogP contribution is -2.18. The Kier molecular flexibility index (Phi) is 6.31. The molecule has 0 heterocycles. The molecule has 0 saturated heterocycles. The van der Waals surface area contributed by atoms with Crippen molar-refractivity contribution in [1.29, 1.82) is 0 Å². The normalized spacial score (nSPS) is 13.4. The van der Waals surface area contributed by atoms with E-state index in [4.69, 9.17) is 4.74 Å². The number of sulfone groups is 1. The molecule has 1 aromatic carbocycles. The van der Waals surface area contributed by atoms with Crippen molar-refractivity contribution in [3.63, 3.8) is 0 Å². The highest BCUT2D eigenvalue weighted by molar-refractivity contribution is 7.91. The predicted molar refractivity (Wildman–Crippen MR) is 70.6 cm³/mol. The van der Waals surface area contributed by atoms with E-state index >= 15 is 0 Å². The Hall–Kier alpha value is -1.25. The molecule has 0 bridgehead atoms. The Balaban J connectivity index is 2.56. The highest BCUT2D eigenvalue weighted by Gasteiger charge is 2.26. The van der Waals surface area contributed by atoms with Crippen molar-refractivity contribution in [2.24, 2.45) is 0 Å². The van der Waals surface area contributed by atoms with Crippen LogP contribution in [-0.2, 0) is 14.6 Å². The molecule has 1 atom stereocenters. The van der Waals surface area contributed by atoms with Gasteiger partial charge in [-0.1, -0.05) is 0 Å². The van der Waals surface area contributed by atoms with E-state index in [1.807, 2.05) is 0 Å². The number of aliphatic hydroxyl groups is 1. The number of hydrogen-bond acceptors (Lipinski definition) is 5. The zero-order valence-corrected chi connectivity index (χ0v) is 11.7. The first kappa shape index (κ1) is 16.8. The maximum atomic E-state index is 12.3. The third kappa shape index (κ3) is 4.69. The first-order valence-electron chi connectivity index (χ1n) is 5.91. The van der Waals surface area contributed by atoms with Gasteiger partial charge in [-0.25, -0.2) is 8.42 Å². The van der Waals surface area contributed by atoms with Crippen LogP contribution in [0.3, 0.4) is 0 Å². The molecule has 1 rings (SSSR count). The van der Waals surface area contributed by atoms with Gasteiger partial charge < -0.3 is 15.2 Å². The van der Waals surface area contributed by atoms with Crippen molar-refractivity contribution < 1.29 is 27.0 Å². The molecule has 5 nitrogen and oxygen atoms in total. The topological polar surface area (TPSA) is 75.6 Å². The molecule has 0 aromatic heterocycles. The van der Waals surface area contributed by atoms with E-state index in [2.05, 4.69) is 5.32 Å². The standard InChI is InChI=1S/C12H17F2NO4S/c1-19-8-10(16)6-7-15-9-2-4-11(5-3-9)20(17,18)12(13)14/h2-5,10,12,15-16H,6-8H2,1H3. The lowest BCUT2D eigenvalue weighted by atomic mass is 10.2. The van der Waals surface area contributed by atoms with Gasteiger partial charge in [-0.05, 0) is 30.7 Å². The van der Waals surface area contributed by atoms with E-state index in [0.717, 1.165) is 12.1 Å². The summed E-state index contributed by atoms with van der Waals surface area (Å²) in [7, 11) is -3.07. The summed E-state index contributed by atoms with van der Waals surface area (Å²) in [5.74, 6) is -3.43. The number of methoxy groups -OCH3 is 1. The van der Waals surface area contributed by atoms with E-state index < -0.39 is 26.6 Å². The molecule has 0 aliphatic heterocycles. The third-order valence-corrected chi connectivity index (χ3v) is 3.98. The van der Waals surface area contributed by atoms with Crippen LogP contribution in [0.4, 0.5) is 14.5 Å². The fourth-order valence-corrected chi connectivity index (χ4v) is 2.25. The monoisotopic (exact) mass is 309 g/mol. The van der Waals surface area contributed by atoms with Gasteiger partial charge in [0.05, 0.1) is 17.6 Å². The Morgan fingerprint density at radius 2 is 1.90 bits per heavy atom. The number of anilines is 1. The van der Waals surface area contributed by atoms with Crippen LogP contribution in [0.2, 0.25) is 0 Å². The summed E-state index contributed by atoms with van der Waals surface area (Å²) in [6.07, 6.45) is -0.142. The van der Waals surface area contributed by atoms with Gasteiger partial charge in [-0.3, -0.25) is 0 Å². The van der Waals surface area contributed by atoms with Gasteiger partial charge in [0, 0.05) is 19.3 Å². The summed E-state index contributed by atoms with van der Waals surface area (Å²) in [5, 5.41) is 12.4. The molecule has 20 heavy (non-hydrogen) atoms. The van der Waals surface area contributed by atoms with Crippen LogP contribution >= 0.6 is 0 Å². The highest BCUT2D eigenvalue weighted by Crippen LogP contribution is 2.20. The van der Waals surface area contributed by atoms with E-state index in [1.54, 1.807) is 0 Å². The summed E-state index contributed by atoms with van der Waals surface area (Å²) in [6, 6.07) is 5.04. The number of alkyl halides is 2. The number of benzene rings is 1. The van der Waals surface area contributed by atoms with Crippen molar-refractivity contribution in [2.75, 3.05) is 25.6 Å². The van der Waals surface area contributed by atoms with Gasteiger partial charge >= 0.3 is 5.76 Å².